The van der Waals surface area contributed by atoms with Gasteiger partial charge in [0, 0.05) is 23.3 Å². The smallest absolute Gasteiger partial charge is 0.438 e. The summed E-state index contributed by atoms with van der Waals surface area (Å²) >= 11 is 0. The molecule has 0 aliphatic carbocycles. The molecule has 0 bridgehead atoms. The molecule has 10 aromatic rings. The van der Waals surface area contributed by atoms with Gasteiger partial charge in [-0.25, -0.2) is 60.9 Å². The molecule has 5 N–H and O–H groups in total. The third-order valence-electron chi connectivity index (χ3n) is 20.5. The van der Waals surface area contributed by atoms with Gasteiger partial charge < -0.3 is 39.9 Å². The van der Waals surface area contributed by atoms with Gasteiger partial charge in [0.25, 0.3) is 0 Å². The highest BCUT2D eigenvalue weighted by Gasteiger charge is 2.31. The van der Waals surface area contributed by atoms with Gasteiger partial charge >= 0.3 is 35.9 Å². The van der Waals surface area contributed by atoms with Gasteiger partial charge in [-0.1, -0.05) is 185 Å². The minimum absolute atomic E-state index is 0.0288. The first-order valence-electron chi connectivity index (χ1n) is 40.6. The highest BCUT2D eigenvalue weighted by Crippen LogP contribution is 2.29. The largest absolute Gasteiger partial charge is 0.462 e. The summed E-state index contributed by atoms with van der Waals surface area (Å²) in [6.07, 6.45) is 22.7. The number of pyridine rings is 1. The van der Waals surface area contributed by atoms with Gasteiger partial charge in [0.05, 0.1) is 49.0 Å². The monoisotopic (exact) mass is 1670 g/mol. The molecular formula is C93H133N15O13+4. The number of nitrogens with two attached hydrogens (primary N) is 2. The zero-order valence-corrected chi connectivity index (χ0v) is 76.2. The number of aromatic amines is 1. The number of primary amides is 1. The Balaban J connectivity index is 0.000000261. The first-order chi connectivity index (χ1) is 56.2. The molecule has 28 nitrogen and oxygen atoms in total. The van der Waals surface area contributed by atoms with Crippen LogP contribution >= 0.6 is 0 Å². The lowest BCUT2D eigenvalue weighted by molar-refractivity contribution is -0.688. The predicted octanol–water partition coefficient (Wildman–Crippen LogP) is 14.2. The van der Waals surface area contributed by atoms with Gasteiger partial charge in [0.15, 0.2) is 18.9 Å². The molecule has 6 aromatic heterocycles. The molecule has 654 valence electrons. The molecule has 28 heteroatoms. The van der Waals surface area contributed by atoms with Crippen molar-refractivity contribution in [2.45, 2.75) is 235 Å². The average Bonchev–Trinajstić information content (AvgIpc) is 1.17. The molecule has 0 radical (unpaired) electrons. The standard InChI is InChI=1S/C20H24N2O3.3C18H25N2O2.C10H17N3O2.C9H16N4O2/c1-14(20(2,3)4)25-19(24)17-8-6-5-7-16(17)13-22-11-9-15(10-12-22)18(21)23;1-14(18(2,3)4)22-17(21)16-8-6-15(7-9-16)12-20-11-10-19(5)13-20;1-14(18(2,3)4)22-17(21)16-8-6-7-15(11-16)12-20-10-9-19(5)13-20;1-14(18(2,3)4)22-17(21)16-9-7-6-8-15(16)12-20-11-10-19(5)13-20;1-7(10(2,3)4)15-9(14)5-8-11-6-12-13-8;1-6(9(2,3)4)15-8(14)13-7(10)11-5-12-13/h5-12,14H,13H2,1-4H3,(H-,21,23);3*6-11,13-14H,12H2,1-5H3;6-7H,5H2,1-4H3,(H,11,12,13);5-6H,1-4H3,(H2,10,11,12)/q;3*+1;;/p+1/t4*14-;7-;6-/m111111/s1. The molecule has 0 spiro atoms. The van der Waals surface area contributed by atoms with Crippen LogP contribution in [-0.4, -0.2) is 122 Å². The van der Waals surface area contributed by atoms with E-state index in [0.717, 1.165) is 40.0 Å². The maximum atomic E-state index is 12.6. The Hall–Kier alpha value is -12.0. The molecule has 6 heterocycles. The van der Waals surface area contributed by atoms with E-state index in [2.05, 4.69) is 96.7 Å². The Bertz CT molecular complexity index is 4940. The lowest BCUT2D eigenvalue weighted by atomic mass is 9.90. The molecule has 10 rings (SSSR count). The van der Waals surface area contributed by atoms with Crippen LogP contribution in [0.25, 0.3) is 0 Å². The van der Waals surface area contributed by atoms with E-state index in [9.17, 15) is 33.6 Å². The number of hydrogen-bond acceptors (Lipinski definition) is 18. The minimum atomic E-state index is -0.604. The van der Waals surface area contributed by atoms with Crippen molar-refractivity contribution in [1.29, 1.82) is 0 Å². The summed E-state index contributed by atoms with van der Waals surface area (Å²) in [4.78, 5) is 91.1. The Labute approximate surface area is 714 Å². The number of anilines is 1. The van der Waals surface area contributed by atoms with E-state index < -0.39 is 12.0 Å². The Morgan fingerprint density at radius 2 is 0.826 bits per heavy atom. The number of ether oxygens (including phenoxy) is 6. The SMILES string of the molecule is C[C@@H](OC(=O)Cc1ncn[nH]1)C(C)(C)C.C[C@@H](OC(=O)c1ccc(Cn2cc[n+](C)c2)cc1)C(C)(C)C.C[C@@H](OC(=O)c1cccc(Cn2cc[n+](C)c2)c1)C(C)(C)C.C[C@@H](OC(=O)c1ccccc1C[n+]1ccc(C(N)=O)cc1)C(C)(C)C.C[C@@H](OC(=O)c1ccccc1Cn1cc[n+](C)c1)C(C)(C)C.C[C@@H](OC(=O)n1ncnc1N)C(C)(C)C. The summed E-state index contributed by atoms with van der Waals surface area (Å²) < 4.78 is 47.8. The minimum Gasteiger partial charge on any atom is -0.462 e. The highest BCUT2D eigenvalue weighted by molar-refractivity contribution is 5.93. The Morgan fingerprint density at radius 3 is 1.24 bits per heavy atom. The lowest BCUT2D eigenvalue weighted by Gasteiger charge is -2.27. The highest BCUT2D eigenvalue weighted by atomic mass is 16.6. The van der Waals surface area contributed by atoms with Crippen LogP contribution in [0.4, 0.5) is 10.7 Å². The summed E-state index contributed by atoms with van der Waals surface area (Å²) in [5.74, 6) is -1.30. The van der Waals surface area contributed by atoms with Crippen LogP contribution in [0, 0.1) is 32.5 Å². The predicted molar refractivity (Wildman–Crippen MR) is 462 cm³/mol. The number of H-pyrrole nitrogens is 1. The molecule has 6 atom stereocenters. The topological polar surface area (TPSA) is 329 Å². The molecule has 0 aliphatic heterocycles. The maximum absolute atomic E-state index is 12.6. The summed E-state index contributed by atoms with van der Waals surface area (Å²) in [6.45, 7) is 50.8. The van der Waals surface area contributed by atoms with Crippen molar-refractivity contribution in [2.75, 3.05) is 5.73 Å². The van der Waals surface area contributed by atoms with E-state index in [4.69, 9.17) is 39.9 Å². The maximum Gasteiger partial charge on any atom is 0.438 e. The Kier molecular flexibility index (Phi) is 36.5. The first kappa shape index (κ1) is 99.6. The summed E-state index contributed by atoms with van der Waals surface area (Å²) in [7, 11) is 5.95. The number of hydrogen-bond donors (Lipinski definition) is 3. The Morgan fingerprint density at radius 1 is 0.421 bits per heavy atom. The molecule has 1 amide bonds. The molecular weight excluding hydrogens is 1540 g/mol. The van der Waals surface area contributed by atoms with E-state index in [1.807, 2.05) is 289 Å². The molecule has 121 heavy (non-hydrogen) atoms. The lowest BCUT2D eigenvalue weighted by Crippen LogP contribution is -2.35. The number of rotatable bonds is 21. The first-order valence-corrected chi connectivity index (χ1v) is 40.6. The van der Waals surface area contributed by atoms with Crippen LogP contribution < -0.4 is 29.7 Å². The van der Waals surface area contributed by atoms with Crippen LogP contribution in [0.5, 0.6) is 0 Å². The second-order valence-corrected chi connectivity index (χ2v) is 36.8. The summed E-state index contributed by atoms with van der Waals surface area (Å²) in [5, 5.41) is 9.93. The average molecular weight is 1670 g/mol. The van der Waals surface area contributed by atoms with Crippen molar-refractivity contribution in [1.82, 2.24) is 43.6 Å². The fourth-order valence-electron chi connectivity index (χ4n) is 9.84. The number of esters is 5. The van der Waals surface area contributed by atoms with Gasteiger partial charge in [0.1, 0.15) is 118 Å². The van der Waals surface area contributed by atoms with E-state index >= 15 is 0 Å². The van der Waals surface area contributed by atoms with Crippen molar-refractivity contribution < 1.29 is 80.3 Å². The molecule has 0 fully saturated rings. The van der Waals surface area contributed by atoms with Gasteiger partial charge in [-0.05, 0) is 122 Å². The molecule has 0 aliphatic rings. The number of nitrogens with one attached hydrogen (secondary N) is 1. The number of aromatic nitrogens is 13. The number of amides is 1. The third kappa shape index (κ3) is 34.4. The fourth-order valence-corrected chi connectivity index (χ4v) is 9.84. The van der Waals surface area contributed by atoms with E-state index in [0.29, 0.717) is 46.7 Å². The number of carbonyl (C=O) groups excluding carboxylic acids is 7. The van der Waals surface area contributed by atoms with Crippen molar-refractivity contribution in [2.24, 2.45) is 59.4 Å². The molecule has 0 saturated carbocycles. The zero-order valence-electron chi connectivity index (χ0n) is 76.2. The summed E-state index contributed by atoms with van der Waals surface area (Å²) in [5.41, 5.74) is 17.1. The van der Waals surface area contributed by atoms with Gasteiger partial charge in [-0.2, -0.15) is 10.1 Å². The summed E-state index contributed by atoms with van der Waals surface area (Å²) in [6, 6.07) is 33.5. The third-order valence-corrected chi connectivity index (χ3v) is 20.5. The van der Waals surface area contributed by atoms with Crippen LogP contribution in [0.2, 0.25) is 0 Å². The molecule has 4 aromatic carbocycles. The van der Waals surface area contributed by atoms with E-state index in [1.165, 1.54) is 12.7 Å². The zero-order chi connectivity index (χ0) is 90.7. The van der Waals surface area contributed by atoms with Crippen molar-refractivity contribution in [3.8, 4) is 0 Å². The number of nitrogens with zero attached hydrogens (tertiary/aromatic N) is 12. The van der Waals surface area contributed by atoms with E-state index in [1.54, 1.807) is 36.7 Å². The van der Waals surface area contributed by atoms with Crippen LogP contribution in [0.3, 0.4) is 0 Å². The quantitative estimate of drug-likeness (QED) is 0.0342. The number of carbonyl (C=O) groups is 7. The van der Waals surface area contributed by atoms with Gasteiger partial charge in [0.2, 0.25) is 30.8 Å². The second kappa shape index (κ2) is 44.4. The normalized spacial score (nSPS) is 13.0. The number of nitrogen functional groups attached to an aromatic ring is 1. The van der Waals surface area contributed by atoms with Crippen molar-refractivity contribution in [3.05, 3.63) is 246 Å². The van der Waals surface area contributed by atoms with Crippen LogP contribution in [0.1, 0.15) is 246 Å². The number of benzene rings is 4. The second-order valence-electron chi connectivity index (χ2n) is 36.8. The van der Waals surface area contributed by atoms with Crippen molar-refractivity contribution in [3.63, 3.8) is 0 Å². The fraction of sp³-hybridized carbons (Fsp3) is 0.473. The van der Waals surface area contributed by atoms with Crippen LogP contribution in [-0.2, 0) is 87.0 Å². The molecule has 0 unspecified atom stereocenters. The van der Waals surface area contributed by atoms with Crippen molar-refractivity contribution >= 4 is 47.8 Å². The van der Waals surface area contributed by atoms with Crippen LogP contribution in [0.15, 0.2) is 190 Å². The molecule has 0 saturated heterocycles. The van der Waals surface area contributed by atoms with Gasteiger partial charge in [-0.3, -0.25) is 14.7 Å². The van der Waals surface area contributed by atoms with Gasteiger partial charge in [-0.15, -0.1) is 9.78 Å². The number of aryl methyl sites for hydroxylation is 3. The number of imidazole rings is 3. The van der Waals surface area contributed by atoms with E-state index in [-0.39, 0.29) is 111 Å².